The molecule has 3 rings (SSSR count). The quantitative estimate of drug-likeness (QED) is 0.565. The Morgan fingerprint density at radius 3 is 2.03 bits per heavy atom. The number of benzene rings is 2. The van der Waals surface area contributed by atoms with E-state index in [0.29, 0.717) is 22.5 Å². The average Bonchev–Trinajstić information content (AvgIpc) is 3.06. The number of aryl methyl sites for hydroxylation is 2. The van der Waals surface area contributed by atoms with E-state index in [2.05, 4.69) is 31.1 Å². The molecular weight excluding hydrogens is 391 g/mol. The summed E-state index contributed by atoms with van der Waals surface area (Å²) in [5.41, 5.74) is 1.30. The Morgan fingerprint density at radius 2 is 1.53 bits per heavy atom. The highest BCUT2D eigenvalue weighted by atomic mass is 19.4. The van der Waals surface area contributed by atoms with Crippen molar-refractivity contribution in [1.82, 2.24) is 9.55 Å². The second kappa shape index (κ2) is 7.63. The summed E-state index contributed by atoms with van der Waals surface area (Å²) in [7, 11) is 0. The van der Waals surface area contributed by atoms with Crippen molar-refractivity contribution in [3.8, 4) is 5.69 Å². The second-order valence-electron chi connectivity index (χ2n) is 8.33. The predicted octanol–water partition coefficient (Wildman–Crippen LogP) is 6.06. The van der Waals surface area contributed by atoms with Crippen molar-refractivity contribution in [3.63, 3.8) is 0 Å². The normalized spacial score (nSPS) is 12.1. The van der Waals surface area contributed by atoms with Crippen LogP contribution in [-0.2, 0) is 11.6 Å². The first-order valence-electron chi connectivity index (χ1n) is 9.52. The van der Waals surface area contributed by atoms with Gasteiger partial charge in [-0.1, -0.05) is 51.1 Å². The summed E-state index contributed by atoms with van der Waals surface area (Å²) in [4.78, 5) is 16.5. The van der Waals surface area contributed by atoms with Crippen LogP contribution in [0.1, 0.15) is 53.6 Å². The summed E-state index contributed by atoms with van der Waals surface area (Å²) in [5.74, 6) is -0.907. The molecule has 0 fully saturated rings. The molecule has 0 aliphatic heterocycles. The number of hydrogen-bond donors (Lipinski definition) is 1. The number of rotatable bonds is 3. The molecule has 1 N–H and O–H groups in total. The van der Waals surface area contributed by atoms with Crippen molar-refractivity contribution in [2.45, 2.75) is 46.2 Å². The topological polar surface area (TPSA) is 46.9 Å². The van der Waals surface area contributed by atoms with Gasteiger partial charge in [-0.05, 0) is 48.1 Å². The third kappa shape index (κ3) is 4.25. The molecule has 4 nitrogen and oxygen atoms in total. The zero-order chi connectivity index (χ0) is 22.3. The molecule has 30 heavy (non-hydrogen) atoms. The Bertz CT molecular complexity index is 1050. The number of halogens is 3. The molecule has 158 valence electrons. The summed E-state index contributed by atoms with van der Waals surface area (Å²) >= 11 is 0. The van der Waals surface area contributed by atoms with Gasteiger partial charge in [0.25, 0.3) is 5.91 Å². The number of alkyl halides is 3. The van der Waals surface area contributed by atoms with Gasteiger partial charge in [0.15, 0.2) is 11.4 Å². The fraction of sp³-hybridized carbons (Fsp3) is 0.304. The van der Waals surface area contributed by atoms with Gasteiger partial charge in [-0.15, -0.1) is 0 Å². The van der Waals surface area contributed by atoms with Crippen LogP contribution in [0.25, 0.3) is 5.69 Å². The Balaban J connectivity index is 2.00. The van der Waals surface area contributed by atoms with Gasteiger partial charge >= 0.3 is 6.18 Å². The molecular formula is C23H24F3N3O. The zero-order valence-corrected chi connectivity index (χ0v) is 17.6. The molecule has 0 atom stereocenters. The minimum absolute atomic E-state index is 0.0732. The Kier molecular flexibility index (Phi) is 5.50. The summed E-state index contributed by atoms with van der Waals surface area (Å²) in [6, 6.07) is 12.2. The zero-order valence-electron chi connectivity index (χ0n) is 17.6. The van der Waals surface area contributed by atoms with E-state index >= 15 is 0 Å². The molecule has 0 radical (unpaired) electrons. The lowest BCUT2D eigenvalue weighted by atomic mass is 9.87. The SMILES string of the molecule is Cc1cccc(C)c1-n1cnc(C(=O)Nc2ccc(C(C)(C)C)cc2)c1C(F)(F)F. The highest BCUT2D eigenvalue weighted by molar-refractivity contribution is 6.04. The van der Waals surface area contributed by atoms with E-state index < -0.39 is 23.5 Å². The number of nitrogens with zero attached hydrogens (tertiary/aromatic N) is 2. The number of carbonyl (C=O) groups excluding carboxylic acids is 1. The van der Waals surface area contributed by atoms with Crippen LogP contribution in [0.4, 0.5) is 18.9 Å². The second-order valence-corrected chi connectivity index (χ2v) is 8.33. The minimum atomic E-state index is -4.76. The number of para-hydroxylation sites is 1. The molecule has 0 aliphatic carbocycles. The van der Waals surface area contributed by atoms with Crippen LogP contribution in [0.2, 0.25) is 0 Å². The smallest absolute Gasteiger partial charge is 0.321 e. The Labute approximate surface area is 173 Å². The van der Waals surface area contributed by atoms with Crippen LogP contribution in [0, 0.1) is 13.8 Å². The molecule has 0 saturated heterocycles. The molecule has 1 heterocycles. The molecule has 0 unspecified atom stereocenters. The lowest BCUT2D eigenvalue weighted by molar-refractivity contribution is -0.142. The van der Waals surface area contributed by atoms with Crippen LogP contribution in [0.5, 0.6) is 0 Å². The van der Waals surface area contributed by atoms with E-state index in [-0.39, 0.29) is 5.41 Å². The molecule has 0 spiro atoms. The van der Waals surface area contributed by atoms with Crippen LogP contribution in [0.15, 0.2) is 48.8 Å². The number of imidazole rings is 1. The highest BCUT2D eigenvalue weighted by Crippen LogP contribution is 2.35. The van der Waals surface area contributed by atoms with E-state index in [1.807, 2.05) is 12.1 Å². The third-order valence-corrected chi connectivity index (χ3v) is 4.94. The van der Waals surface area contributed by atoms with Gasteiger partial charge in [0.05, 0.1) is 5.69 Å². The van der Waals surface area contributed by atoms with Crippen molar-refractivity contribution in [3.05, 3.63) is 76.9 Å². The van der Waals surface area contributed by atoms with E-state index in [1.54, 1.807) is 44.2 Å². The highest BCUT2D eigenvalue weighted by Gasteiger charge is 2.41. The maximum Gasteiger partial charge on any atom is 0.434 e. The minimum Gasteiger partial charge on any atom is -0.321 e. The van der Waals surface area contributed by atoms with Gasteiger partial charge < -0.3 is 5.32 Å². The van der Waals surface area contributed by atoms with Gasteiger partial charge in [-0.3, -0.25) is 9.36 Å². The van der Waals surface area contributed by atoms with Gasteiger partial charge in [0.2, 0.25) is 0 Å². The number of carbonyl (C=O) groups is 1. The van der Waals surface area contributed by atoms with Crippen LogP contribution >= 0.6 is 0 Å². The van der Waals surface area contributed by atoms with Gasteiger partial charge in [-0.2, -0.15) is 13.2 Å². The number of anilines is 1. The average molecular weight is 415 g/mol. The number of hydrogen-bond acceptors (Lipinski definition) is 2. The lowest BCUT2D eigenvalue weighted by Gasteiger charge is -2.19. The van der Waals surface area contributed by atoms with Gasteiger partial charge in [0.1, 0.15) is 6.33 Å². The molecule has 0 bridgehead atoms. The van der Waals surface area contributed by atoms with Crippen molar-refractivity contribution >= 4 is 11.6 Å². The lowest BCUT2D eigenvalue weighted by Crippen LogP contribution is -2.21. The van der Waals surface area contributed by atoms with E-state index in [9.17, 15) is 18.0 Å². The number of nitrogens with one attached hydrogen (secondary N) is 1. The maximum atomic E-state index is 13.9. The fourth-order valence-electron chi connectivity index (χ4n) is 3.38. The molecule has 7 heteroatoms. The first-order chi connectivity index (χ1) is 13.9. The third-order valence-electron chi connectivity index (χ3n) is 4.94. The Morgan fingerprint density at radius 1 is 0.967 bits per heavy atom. The van der Waals surface area contributed by atoms with Gasteiger partial charge in [-0.25, -0.2) is 4.98 Å². The molecule has 1 amide bonds. The van der Waals surface area contributed by atoms with Crippen molar-refractivity contribution in [2.75, 3.05) is 5.32 Å². The molecule has 3 aromatic rings. The predicted molar refractivity (Wildman–Crippen MR) is 111 cm³/mol. The van der Waals surface area contributed by atoms with Crippen molar-refractivity contribution < 1.29 is 18.0 Å². The summed E-state index contributed by atoms with van der Waals surface area (Å²) in [6.07, 6.45) is -3.70. The fourth-order valence-corrected chi connectivity index (χ4v) is 3.38. The van der Waals surface area contributed by atoms with Gasteiger partial charge in [0, 0.05) is 5.69 Å². The molecule has 1 aromatic heterocycles. The summed E-state index contributed by atoms with van der Waals surface area (Å²) in [6.45, 7) is 9.60. The largest absolute Gasteiger partial charge is 0.434 e. The monoisotopic (exact) mass is 415 g/mol. The first kappa shape index (κ1) is 21.6. The van der Waals surface area contributed by atoms with Crippen molar-refractivity contribution in [2.24, 2.45) is 0 Å². The van der Waals surface area contributed by atoms with E-state index in [4.69, 9.17) is 0 Å². The van der Waals surface area contributed by atoms with Crippen LogP contribution in [0.3, 0.4) is 0 Å². The molecule has 2 aromatic carbocycles. The first-order valence-corrected chi connectivity index (χ1v) is 9.52. The summed E-state index contributed by atoms with van der Waals surface area (Å²) in [5, 5.41) is 2.53. The number of amides is 1. The van der Waals surface area contributed by atoms with Crippen molar-refractivity contribution in [1.29, 1.82) is 0 Å². The molecule has 0 saturated carbocycles. The standard InChI is InChI=1S/C23H24F3N3O/c1-14-7-6-8-15(2)19(14)29-13-27-18(20(29)23(24,25)26)21(30)28-17-11-9-16(10-12-17)22(3,4)5/h6-13H,1-5H3,(H,28,30). The number of aromatic nitrogens is 2. The van der Waals surface area contributed by atoms with Crippen LogP contribution < -0.4 is 5.32 Å². The Hall–Kier alpha value is -3.09. The molecule has 0 aliphatic rings. The van der Waals surface area contributed by atoms with E-state index in [0.717, 1.165) is 16.5 Å². The van der Waals surface area contributed by atoms with E-state index in [1.165, 1.54) is 0 Å². The maximum absolute atomic E-state index is 13.9. The summed E-state index contributed by atoms with van der Waals surface area (Å²) < 4.78 is 42.7. The van der Waals surface area contributed by atoms with Crippen LogP contribution in [-0.4, -0.2) is 15.5 Å².